The molecule has 0 radical (unpaired) electrons. The molecule has 2 amide bonds. The van der Waals surface area contributed by atoms with E-state index >= 15 is 0 Å². The van der Waals surface area contributed by atoms with Gasteiger partial charge in [0.15, 0.2) is 0 Å². The molecule has 0 bridgehead atoms. The van der Waals surface area contributed by atoms with E-state index in [4.69, 9.17) is 4.74 Å². The number of sulfonamides is 1. The maximum atomic E-state index is 13.5. The Hall–Kier alpha value is -3.70. The van der Waals surface area contributed by atoms with Crippen LogP contribution < -0.4 is 19.8 Å². The molecule has 0 fully saturated rings. The molecule has 0 aliphatic rings. The Morgan fingerprint density at radius 1 is 1.03 bits per heavy atom. The Morgan fingerprint density at radius 2 is 1.69 bits per heavy atom. The Morgan fingerprint density at radius 3 is 2.29 bits per heavy atom. The number of nitrogens with zero attached hydrogens (tertiary/aromatic N) is 2. The third-order valence-corrected chi connectivity index (χ3v) is 7.22. The van der Waals surface area contributed by atoms with Gasteiger partial charge in [0.05, 0.1) is 23.9 Å². The lowest BCUT2D eigenvalue weighted by molar-refractivity contribution is -0.119. The van der Waals surface area contributed by atoms with E-state index in [0.29, 0.717) is 11.4 Å². The Kier molecular flexibility index (Phi) is 8.61. The fourth-order valence-corrected chi connectivity index (χ4v) is 4.83. The summed E-state index contributed by atoms with van der Waals surface area (Å²) >= 11 is 3.39. The average molecular weight is 559 g/mol. The average Bonchev–Trinajstić information content (AvgIpc) is 2.84. The quantitative estimate of drug-likeness (QED) is 0.306. The number of carbonyl (C=O) groups is 2. The van der Waals surface area contributed by atoms with Crippen LogP contribution in [0.4, 0.5) is 11.4 Å². The van der Waals surface area contributed by atoms with Crippen molar-refractivity contribution in [3.63, 3.8) is 0 Å². The predicted octanol–water partition coefficient (Wildman–Crippen LogP) is 3.76. The van der Waals surface area contributed by atoms with Crippen molar-refractivity contribution < 1.29 is 22.7 Å². The van der Waals surface area contributed by atoms with Crippen molar-refractivity contribution in [3.05, 3.63) is 82.8 Å². The Balaban J connectivity index is 1.86. The predicted molar refractivity (Wildman–Crippen MR) is 138 cm³/mol. The van der Waals surface area contributed by atoms with Crippen LogP contribution in [0.3, 0.4) is 0 Å². The smallest absolute Gasteiger partial charge is 0.264 e. The second-order valence-corrected chi connectivity index (χ2v) is 9.95. The molecule has 35 heavy (non-hydrogen) atoms. The molecule has 0 aromatic heterocycles. The maximum absolute atomic E-state index is 13.5. The lowest BCUT2D eigenvalue weighted by Crippen LogP contribution is -2.39. The number of hydrogen-bond donors (Lipinski definition) is 2. The van der Waals surface area contributed by atoms with E-state index in [1.165, 1.54) is 44.5 Å². The number of hydrogen-bond acceptors (Lipinski definition) is 6. The number of rotatable bonds is 9. The van der Waals surface area contributed by atoms with Gasteiger partial charge in [0.25, 0.3) is 15.9 Å². The SMILES string of the molecule is COc1ccc(N(CC(=O)N/N=C\c2ccccc2Br)S(=O)(=O)c2ccc(NC(C)=O)cc2)cc1. The molecule has 0 heterocycles. The Labute approximate surface area is 212 Å². The first-order valence-corrected chi connectivity index (χ1v) is 12.5. The minimum absolute atomic E-state index is 0.0491. The topological polar surface area (TPSA) is 117 Å². The van der Waals surface area contributed by atoms with Gasteiger partial charge in [-0.25, -0.2) is 13.8 Å². The summed E-state index contributed by atoms with van der Waals surface area (Å²) in [5.74, 6) is -0.379. The summed E-state index contributed by atoms with van der Waals surface area (Å²) in [6.45, 7) is 0.836. The van der Waals surface area contributed by atoms with Gasteiger partial charge in [-0.3, -0.25) is 13.9 Å². The third kappa shape index (κ3) is 6.90. The van der Waals surface area contributed by atoms with Crippen molar-refractivity contribution >= 4 is 55.4 Å². The summed E-state index contributed by atoms with van der Waals surface area (Å²) in [4.78, 5) is 23.9. The molecular weight excluding hydrogens is 536 g/mol. The maximum Gasteiger partial charge on any atom is 0.264 e. The number of ether oxygens (including phenoxy) is 1. The van der Waals surface area contributed by atoms with Crippen LogP contribution >= 0.6 is 15.9 Å². The van der Waals surface area contributed by atoms with Crippen LogP contribution in [0.25, 0.3) is 0 Å². The van der Waals surface area contributed by atoms with Gasteiger partial charge in [0, 0.05) is 22.6 Å². The van der Waals surface area contributed by atoms with Gasteiger partial charge < -0.3 is 10.1 Å². The van der Waals surface area contributed by atoms with Crippen molar-refractivity contribution in [3.8, 4) is 5.75 Å². The molecule has 0 unspecified atom stereocenters. The highest BCUT2D eigenvalue weighted by Gasteiger charge is 2.27. The number of nitrogens with one attached hydrogen (secondary N) is 2. The fraction of sp³-hybridized carbons (Fsp3) is 0.125. The molecule has 0 atom stereocenters. The summed E-state index contributed by atoms with van der Waals surface area (Å²) in [7, 11) is -2.64. The van der Waals surface area contributed by atoms with Gasteiger partial charge in [-0.1, -0.05) is 34.1 Å². The van der Waals surface area contributed by atoms with Gasteiger partial charge in [-0.2, -0.15) is 5.10 Å². The standard InChI is InChI=1S/C24H23BrN4O5S/c1-17(30)27-19-7-13-22(14-8-19)35(32,33)29(20-9-11-21(34-2)12-10-20)16-24(31)28-26-15-18-5-3-4-6-23(18)25/h3-15H,16H2,1-2H3,(H,27,30)(H,28,31)/b26-15-. The normalized spacial score (nSPS) is 11.2. The summed E-state index contributed by atoms with van der Waals surface area (Å²) in [6.07, 6.45) is 1.45. The van der Waals surface area contributed by atoms with Crippen molar-refractivity contribution in [1.82, 2.24) is 5.43 Å². The largest absolute Gasteiger partial charge is 0.497 e. The van der Waals surface area contributed by atoms with E-state index in [1.807, 2.05) is 18.2 Å². The van der Waals surface area contributed by atoms with Gasteiger partial charge in [-0.15, -0.1) is 0 Å². The van der Waals surface area contributed by atoms with Crippen LogP contribution in [0.15, 0.2) is 87.3 Å². The van der Waals surface area contributed by atoms with E-state index in [2.05, 4.69) is 31.8 Å². The molecule has 0 aliphatic heterocycles. The summed E-state index contributed by atoms with van der Waals surface area (Å²) in [5.41, 5.74) is 3.83. The first-order valence-electron chi connectivity index (χ1n) is 10.3. The Bertz CT molecular complexity index is 1330. The molecule has 3 rings (SSSR count). The molecule has 0 spiro atoms. The molecule has 0 saturated heterocycles. The molecule has 0 aliphatic carbocycles. The molecule has 3 aromatic carbocycles. The minimum Gasteiger partial charge on any atom is -0.497 e. The fourth-order valence-electron chi connectivity index (χ4n) is 3.02. The number of benzene rings is 3. The van der Waals surface area contributed by atoms with Crippen molar-refractivity contribution in [2.75, 3.05) is 23.3 Å². The zero-order chi connectivity index (χ0) is 25.4. The zero-order valence-corrected chi connectivity index (χ0v) is 21.3. The van der Waals surface area contributed by atoms with E-state index < -0.39 is 22.5 Å². The highest BCUT2D eigenvalue weighted by molar-refractivity contribution is 9.10. The van der Waals surface area contributed by atoms with Crippen LogP contribution in [0, 0.1) is 0 Å². The second kappa shape index (κ2) is 11.6. The van der Waals surface area contributed by atoms with Gasteiger partial charge in [-0.05, 0) is 54.6 Å². The van der Waals surface area contributed by atoms with Gasteiger partial charge in [0.1, 0.15) is 12.3 Å². The molecular formula is C24H23BrN4O5S. The van der Waals surface area contributed by atoms with Crippen molar-refractivity contribution in [2.45, 2.75) is 11.8 Å². The molecule has 11 heteroatoms. The summed E-state index contributed by atoms with van der Waals surface area (Å²) < 4.78 is 33.9. The molecule has 2 N–H and O–H groups in total. The van der Waals surface area contributed by atoms with E-state index in [1.54, 1.807) is 30.3 Å². The lowest BCUT2D eigenvalue weighted by Gasteiger charge is -2.24. The molecule has 9 nitrogen and oxygen atoms in total. The summed E-state index contributed by atoms with van der Waals surface area (Å²) in [5, 5.41) is 6.52. The number of halogens is 1. The van der Waals surface area contributed by atoms with Gasteiger partial charge in [0.2, 0.25) is 5.91 Å². The highest BCUT2D eigenvalue weighted by atomic mass is 79.9. The lowest BCUT2D eigenvalue weighted by atomic mass is 10.2. The second-order valence-electron chi connectivity index (χ2n) is 7.23. The van der Waals surface area contributed by atoms with E-state index in [9.17, 15) is 18.0 Å². The molecule has 182 valence electrons. The van der Waals surface area contributed by atoms with E-state index in [-0.39, 0.29) is 16.5 Å². The van der Waals surface area contributed by atoms with Crippen molar-refractivity contribution in [1.29, 1.82) is 0 Å². The first kappa shape index (κ1) is 25.9. The number of amides is 2. The van der Waals surface area contributed by atoms with Crippen LogP contribution in [-0.4, -0.2) is 40.1 Å². The van der Waals surface area contributed by atoms with Crippen molar-refractivity contribution in [2.24, 2.45) is 5.10 Å². The minimum atomic E-state index is -4.14. The van der Waals surface area contributed by atoms with Crippen LogP contribution in [0.2, 0.25) is 0 Å². The van der Waals surface area contributed by atoms with Crippen LogP contribution in [0.1, 0.15) is 12.5 Å². The number of anilines is 2. The van der Waals surface area contributed by atoms with E-state index in [0.717, 1.165) is 14.3 Å². The van der Waals surface area contributed by atoms with Crippen LogP contribution in [0.5, 0.6) is 5.75 Å². The zero-order valence-electron chi connectivity index (χ0n) is 18.9. The monoisotopic (exact) mass is 558 g/mol. The van der Waals surface area contributed by atoms with Crippen LogP contribution in [-0.2, 0) is 19.6 Å². The summed E-state index contributed by atoms with van der Waals surface area (Å²) in [6, 6.07) is 19.3. The first-order chi connectivity index (χ1) is 16.7. The van der Waals surface area contributed by atoms with Gasteiger partial charge >= 0.3 is 0 Å². The molecule has 0 saturated carbocycles. The number of hydrazone groups is 1. The number of methoxy groups -OCH3 is 1. The number of carbonyl (C=O) groups excluding carboxylic acids is 2. The molecule has 3 aromatic rings. The highest BCUT2D eigenvalue weighted by Crippen LogP contribution is 2.26. The third-order valence-electron chi connectivity index (χ3n) is 4.71.